The van der Waals surface area contributed by atoms with E-state index in [0.717, 1.165) is 0 Å². The van der Waals surface area contributed by atoms with Crippen LogP contribution in [0, 0.1) is 5.41 Å². The first-order valence-corrected chi connectivity index (χ1v) is 17.8. The second-order valence-corrected chi connectivity index (χ2v) is 12.6. The molecule has 0 N–H and O–H groups in total. The summed E-state index contributed by atoms with van der Waals surface area (Å²) >= 11 is 0. The Kier molecular flexibility index (Phi) is 24.2. The van der Waals surface area contributed by atoms with E-state index in [0.29, 0.717) is 11.5 Å². The van der Waals surface area contributed by atoms with Crippen LogP contribution in [0.25, 0.3) is 0 Å². The van der Waals surface area contributed by atoms with Gasteiger partial charge in [-0.1, -0.05) is 54.9 Å². The van der Waals surface area contributed by atoms with Gasteiger partial charge in [0.25, 0.3) is 0 Å². The SMILES string of the molecule is CCCC(C)O[SiH2]CC(CCCN(CC)CCC)(CCCN(CC)CCC)CCCN(CC)CCC. The maximum atomic E-state index is 6.51. The molecule has 0 aliphatic heterocycles. The monoisotopic (exact) mass is 528 g/mol. The number of nitrogens with zero attached hydrogens (tertiary/aromatic N) is 3. The Morgan fingerprint density at radius 3 is 1.28 bits per heavy atom. The second kappa shape index (κ2) is 24.1. The van der Waals surface area contributed by atoms with Crippen LogP contribution in [0.2, 0.25) is 6.04 Å². The molecule has 0 aromatic rings. The molecule has 0 saturated heterocycles. The first-order valence-electron chi connectivity index (χ1n) is 16.2. The zero-order chi connectivity index (χ0) is 27.1. The Bertz CT molecular complexity index is 415. The lowest BCUT2D eigenvalue weighted by Gasteiger charge is -2.37. The van der Waals surface area contributed by atoms with Crippen LogP contribution in [-0.4, -0.2) is 89.5 Å². The number of rotatable bonds is 27. The van der Waals surface area contributed by atoms with E-state index in [9.17, 15) is 0 Å². The molecule has 0 saturated carbocycles. The van der Waals surface area contributed by atoms with Gasteiger partial charge >= 0.3 is 0 Å². The van der Waals surface area contributed by atoms with Gasteiger partial charge in [-0.2, -0.15) is 0 Å². The summed E-state index contributed by atoms with van der Waals surface area (Å²) in [6.07, 6.45) is 15.0. The van der Waals surface area contributed by atoms with E-state index in [1.807, 2.05) is 0 Å². The molecule has 0 aliphatic rings. The van der Waals surface area contributed by atoms with Gasteiger partial charge < -0.3 is 19.1 Å². The van der Waals surface area contributed by atoms with Crippen molar-refractivity contribution in [2.45, 2.75) is 138 Å². The lowest BCUT2D eigenvalue weighted by Crippen LogP contribution is -2.32. The predicted molar refractivity (Wildman–Crippen MR) is 166 cm³/mol. The summed E-state index contributed by atoms with van der Waals surface area (Å²) in [5, 5.41) is 0. The van der Waals surface area contributed by atoms with Crippen molar-refractivity contribution in [3.8, 4) is 0 Å². The summed E-state index contributed by atoms with van der Waals surface area (Å²) in [4.78, 5) is 8.01. The average molecular weight is 528 g/mol. The highest BCUT2D eigenvalue weighted by Crippen LogP contribution is 2.39. The summed E-state index contributed by atoms with van der Waals surface area (Å²) in [7, 11) is -0.488. The number of hydrogen-bond acceptors (Lipinski definition) is 4. The third-order valence-electron chi connectivity index (χ3n) is 8.24. The van der Waals surface area contributed by atoms with E-state index >= 15 is 0 Å². The summed E-state index contributed by atoms with van der Waals surface area (Å²) in [6, 6.07) is 1.38. The Hall–Kier alpha value is 0.0569. The molecule has 4 nitrogen and oxygen atoms in total. The van der Waals surface area contributed by atoms with Gasteiger partial charge in [0.05, 0.1) is 0 Å². The van der Waals surface area contributed by atoms with E-state index in [1.165, 1.54) is 136 Å². The molecule has 0 aromatic carbocycles. The average Bonchev–Trinajstić information content (AvgIpc) is 2.87. The lowest BCUT2D eigenvalue weighted by atomic mass is 9.76. The van der Waals surface area contributed by atoms with Gasteiger partial charge in [-0.25, -0.2) is 0 Å². The van der Waals surface area contributed by atoms with E-state index in [1.54, 1.807) is 0 Å². The van der Waals surface area contributed by atoms with Crippen molar-refractivity contribution in [1.29, 1.82) is 0 Å². The molecular formula is C31H69N3OSi. The van der Waals surface area contributed by atoms with E-state index in [-0.39, 0.29) is 0 Å². The highest BCUT2D eigenvalue weighted by atomic mass is 28.2. The van der Waals surface area contributed by atoms with E-state index in [2.05, 4.69) is 70.1 Å². The van der Waals surface area contributed by atoms with Crippen molar-refractivity contribution >= 4 is 9.76 Å². The van der Waals surface area contributed by atoms with Crippen LogP contribution in [0.4, 0.5) is 0 Å². The minimum absolute atomic E-state index is 0.458. The van der Waals surface area contributed by atoms with Gasteiger partial charge in [-0.05, 0) is 141 Å². The molecule has 36 heavy (non-hydrogen) atoms. The number of hydrogen-bond donors (Lipinski definition) is 0. The summed E-state index contributed by atoms with van der Waals surface area (Å²) < 4.78 is 6.51. The molecule has 5 heteroatoms. The fourth-order valence-corrected chi connectivity index (χ4v) is 7.85. The molecule has 0 aliphatic carbocycles. The van der Waals surface area contributed by atoms with Crippen LogP contribution in [0.5, 0.6) is 0 Å². The highest BCUT2D eigenvalue weighted by Gasteiger charge is 2.30. The third kappa shape index (κ3) is 17.5. The van der Waals surface area contributed by atoms with Crippen molar-refractivity contribution < 1.29 is 4.43 Å². The maximum Gasteiger partial charge on any atom is 0.162 e. The molecule has 0 spiro atoms. The van der Waals surface area contributed by atoms with Gasteiger partial charge in [-0.3, -0.25) is 0 Å². The molecule has 1 unspecified atom stereocenters. The highest BCUT2D eigenvalue weighted by molar-refractivity contribution is 6.27. The van der Waals surface area contributed by atoms with Gasteiger partial charge in [0.2, 0.25) is 0 Å². The molecule has 1 atom stereocenters. The molecule has 0 radical (unpaired) electrons. The maximum absolute atomic E-state index is 6.51. The Morgan fingerprint density at radius 1 is 0.583 bits per heavy atom. The van der Waals surface area contributed by atoms with Crippen molar-refractivity contribution in [3.63, 3.8) is 0 Å². The van der Waals surface area contributed by atoms with Crippen molar-refractivity contribution in [2.24, 2.45) is 5.41 Å². The molecule has 0 heterocycles. The van der Waals surface area contributed by atoms with Crippen molar-refractivity contribution in [1.82, 2.24) is 14.7 Å². The Morgan fingerprint density at radius 2 is 0.972 bits per heavy atom. The zero-order valence-corrected chi connectivity index (χ0v) is 27.8. The van der Waals surface area contributed by atoms with Crippen LogP contribution >= 0.6 is 0 Å². The van der Waals surface area contributed by atoms with Gasteiger partial charge in [0, 0.05) is 6.10 Å². The minimum atomic E-state index is -0.488. The molecular weight excluding hydrogens is 458 g/mol. The van der Waals surface area contributed by atoms with E-state index < -0.39 is 9.76 Å². The smallest absolute Gasteiger partial charge is 0.162 e. The van der Waals surface area contributed by atoms with Crippen LogP contribution < -0.4 is 0 Å². The molecule has 218 valence electrons. The van der Waals surface area contributed by atoms with Crippen LogP contribution in [-0.2, 0) is 4.43 Å². The predicted octanol–water partition coefficient (Wildman–Crippen LogP) is 7.22. The minimum Gasteiger partial charge on any atom is -0.421 e. The van der Waals surface area contributed by atoms with Crippen LogP contribution in [0.1, 0.15) is 126 Å². The van der Waals surface area contributed by atoms with Crippen molar-refractivity contribution in [2.75, 3.05) is 58.9 Å². The second-order valence-electron chi connectivity index (χ2n) is 11.3. The first kappa shape index (κ1) is 36.1. The van der Waals surface area contributed by atoms with Crippen LogP contribution in [0.15, 0.2) is 0 Å². The van der Waals surface area contributed by atoms with Gasteiger partial charge in [-0.15, -0.1) is 0 Å². The zero-order valence-electron chi connectivity index (χ0n) is 26.4. The fourth-order valence-electron chi connectivity index (χ4n) is 5.98. The standard InChI is InChI=1S/C31H69N3OSi/c1-9-19-30(8)35-36-29-31(20-16-26-32(13-5)23-10-2,21-17-27-33(14-6)24-11-3)22-18-28-34(15-7)25-12-4/h30H,9-29,36H2,1-8H3. The molecule has 0 fully saturated rings. The molecule has 0 bridgehead atoms. The summed E-state index contributed by atoms with van der Waals surface area (Å²) in [6.45, 7) is 29.7. The van der Waals surface area contributed by atoms with Gasteiger partial charge in [0.1, 0.15) is 0 Å². The Balaban J connectivity index is 5.42. The fraction of sp³-hybridized carbons (Fsp3) is 1.00. The molecule has 0 amide bonds. The third-order valence-corrected chi connectivity index (χ3v) is 10.3. The van der Waals surface area contributed by atoms with E-state index in [4.69, 9.17) is 4.43 Å². The lowest BCUT2D eigenvalue weighted by molar-refractivity contribution is 0.165. The summed E-state index contributed by atoms with van der Waals surface area (Å²) in [5.74, 6) is 0. The molecule has 0 aromatic heterocycles. The normalized spacial score (nSPS) is 13.8. The molecule has 0 rings (SSSR count). The summed E-state index contributed by atoms with van der Waals surface area (Å²) in [5.41, 5.74) is 0.487. The first-order chi connectivity index (χ1) is 17.4. The Labute approximate surface area is 231 Å². The van der Waals surface area contributed by atoms with Gasteiger partial charge in [0.15, 0.2) is 9.76 Å². The quantitative estimate of drug-likeness (QED) is 0.105. The largest absolute Gasteiger partial charge is 0.421 e. The topological polar surface area (TPSA) is 19.0 Å². The van der Waals surface area contributed by atoms with Crippen molar-refractivity contribution in [3.05, 3.63) is 0 Å². The van der Waals surface area contributed by atoms with Crippen LogP contribution in [0.3, 0.4) is 0 Å².